The Morgan fingerprint density at radius 1 is 0.944 bits per heavy atom. The number of hydrogen-bond donors (Lipinski definition) is 1. The van der Waals surface area contributed by atoms with E-state index in [-0.39, 0.29) is 4.96 Å². The van der Waals surface area contributed by atoms with Gasteiger partial charge in [-0.25, -0.2) is 14.5 Å². The van der Waals surface area contributed by atoms with E-state index in [1.807, 2.05) is 29.6 Å². The Kier molecular flexibility index (Phi) is 6.33. The van der Waals surface area contributed by atoms with Crippen molar-refractivity contribution in [3.63, 3.8) is 0 Å². The molecule has 3 aromatic heterocycles. The highest BCUT2D eigenvalue weighted by Gasteiger charge is 2.36. The highest BCUT2D eigenvalue weighted by molar-refractivity contribution is 7.16. The number of nitrogens with one attached hydrogen (secondary N) is 1. The van der Waals surface area contributed by atoms with Crippen molar-refractivity contribution in [2.45, 2.75) is 6.18 Å². The highest BCUT2D eigenvalue weighted by Crippen LogP contribution is 2.35. The SMILES string of the molecule is COc1ccc(-c2csc(N/N=C/c3c(-c4ccc(OC)cc4)nc4sc(C(F)(F)F)nn34)n2)cc1. The Bertz CT molecular complexity index is 1520. The average Bonchev–Trinajstić information content (AvgIpc) is 3.60. The van der Waals surface area contributed by atoms with E-state index < -0.39 is 11.2 Å². The molecular formula is C23H17F3N6O2S2. The topological polar surface area (TPSA) is 85.9 Å². The van der Waals surface area contributed by atoms with Crippen molar-refractivity contribution in [1.82, 2.24) is 19.6 Å². The van der Waals surface area contributed by atoms with Gasteiger partial charge >= 0.3 is 6.18 Å². The number of hydrazone groups is 1. The lowest BCUT2D eigenvalue weighted by atomic mass is 10.1. The number of rotatable bonds is 7. The van der Waals surface area contributed by atoms with Gasteiger partial charge in [-0.05, 0) is 48.5 Å². The molecule has 0 atom stereocenters. The minimum Gasteiger partial charge on any atom is -0.497 e. The summed E-state index contributed by atoms with van der Waals surface area (Å²) in [6.45, 7) is 0. The number of halogens is 3. The van der Waals surface area contributed by atoms with Crippen LogP contribution in [-0.4, -0.2) is 40.0 Å². The molecule has 36 heavy (non-hydrogen) atoms. The van der Waals surface area contributed by atoms with Crippen molar-refractivity contribution in [1.29, 1.82) is 0 Å². The van der Waals surface area contributed by atoms with E-state index in [1.54, 1.807) is 38.5 Å². The molecule has 0 radical (unpaired) electrons. The molecule has 0 fully saturated rings. The summed E-state index contributed by atoms with van der Waals surface area (Å²) < 4.78 is 51.2. The first-order valence-corrected chi connectivity index (χ1v) is 12.1. The Labute approximate surface area is 210 Å². The lowest BCUT2D eigenvalue weighted by Gasteiger charge is -2.03. The van der Waals surface area contributed by atoms with Gasteiger partial charge in [-0.3, -0.25) is 5.43 Å². The van der Waals surface area contributed by atoms with Crippen LogP contribution >= 0.6 is 22.7 Å². The minimum absolute atomic E-state index is 0.102. The number of anilines is 1. The number of ether oxygens (including phenoxy) is 2. The van der Waals surface area contributed by atoms with Crippen molar-refractivity contribution < 1.29 is 22.6 Å². The second kappa shape index (κ2) is 9.59. The fraction of sp³-hybridized carbons (Fsp3) is 0.130. The first-order chi connectivity index (χ1) is 17.4. The minimum atomic E-state index is -4.57. The van der Waals surface area contributed by atoms with Gasteiger partial charge in [0.25, 0.3) is 0 Å². The van der Waals surface area contributed by atoms with Gasteiger partial charge in [0.1, 0.15) is 22.9 Å². The first kappa shape index (κ1) is 23.8. The van der Waals surface area contributed by atoms with E-state index >= 15 is 0 Å². The predicted octanol–water partition coefficient (Wildman–Crippen LogP) is 6.06. The van der Waals surface area contributed by atoms with E-state index in [9.17, 15) is 13.2 Å². The number of benzene rings is 2. The smallest absolute Gasteiger partial charge is 0.445 e. The molecule has 0 aliphatic carbocycles. The van der Waals surface area contributed by atoms with Gasteiger partial charge < -0.3 is 9.47 Å². The molecule has 0 saturated carbocycles. The van der Waals surface area contributed by atoms with Gasteiger partial charge in [-0.1, -0.05) is 11.3 Å². The normalized spacial score (nSPS) is 11.9. The first-order valence-electron chi connectivity index (χ1n) is 10.4. The zero-order valence-corrected chi connectivity index (χ0v) is 20.4. The number of methoxy groups -OCH3 is 2. The lowest BCUT2D eigenvalue weighted by molar-refractivity contribution is -0.138. The summed E-state index contributed by atoms with van der Waals surface area (Å²) in [7, 11) is 3.15. The van der Waals surface area contributed by atoms with Crippen molar-refractivity contribution in [3.05, 3.63) is 64.6 Å². The van der Waals surface area contributed by atoms with E-state index in [2.05, 4.69) is 25.6 Å². The molecule has 13 heteroatoms. The predicted molar refractivity (Wildman–Crippen MR) is 133 cm³/mol. The molecule has 184 valence electrons. The van der Waals surface area contributed by atoms with Gasteiger partial charge in [0, 0.05) is 16.5 Å². The Morgan fingerprint density at radius 2 is 1.58 bits per heavy atom. The van der Waals surface area contributed by atoms with Crippen LogP contribution in [0.3, 0.4) is 0 Å². The highest BCUT2D eigenvalue weighted by atomic mass is 32.1. The average molecular weight is 531 g/mol. The molecule has 3 heterocycles. The quantitative estimate of drug-likeness (QED) is 0.203. The van der Waals surface area contributed by atoms with E-state index in [0.29, 0.717) is 39.2 Å². The number of alkyl halides is 3. The van der Waals surface area contributed by atoms with Crippen molar-refractivity contribution in [2.24, 2.45) is 5.10 Å². The zero-order valence-electron chi connectivity index (χ0n) is 18.8. The summed E-state index contributed by atoms with van der Waals surface area (Å²) >= 11 is 1.81. The Hall–Kier alpha value is -3.97. The summed E-state index contributed by atoms with van der Waals surface area (Å²) in [5.41, 5.74) is 5.91. The van der Waals surface area contributed by atoms with Crippen LogP contribution in [0.2, 0.25) is 0 Å². The van der Waals surface area contributed by atoms with Crippen LogP contribution in [0.25, 0.3) is 27.5 Å². The van der Waals surface area contributed by atoms with Gasteiger partial charge in [-0.2, -0.15) is 18.3 Å². The molecule has 0 aliphatic heterocycles. The van der Waals surface area contributed by atoms with E-state index in [1.165, 1.54) is 17.6 Å². The van der Waals surface area contributed by atoms with Crippen LogP contribution in [0.5, 0.6) is 11.5 Å². The summed E-state index contributed by atoms with van der Waals surface area (Å²) in [6.07, 6.45) is -3.19. The molecule has 2 aromatic carbocycles. The summed E-state index contributed by atoms with van der Waals surface area (Å²) in [5.74, 6) is 1.39. The molecule has 5 aromatic rings. The molecule has 5 rings (SSSR count). The molecular weight excluding hydrogens is 513 g/mol. The fourth-order valence-corrected chi connectivity index (χ4v) is 4.77. The summed E-state index contributed by atoms with van der Waals surface area (Å²) in [4.78, 5) is 9.00. The second-order valence-corrected chi connectivity index (χ2v) is 9.12. The molecule has 0 saturated heterocycles. The number of fused-ring (bicyclic) bond motifs is 1. The van der Waals surface area contributed by atoms with Crippen LogP contribution < -0.4 is 14.9 Å². The molecule has 0 amide bonds. The molecule has 0 aliphatic rings. The molecule has 1 N–H and O–H groups in total. The largest absolute Gasteiger partial charge is 0.497 e. The molecule has 0 bridgehead atoms. The molecule has 8 nitrogen and oxygen atoms in total. The maximum Gasteiger partial charge on any atom is 0.445 e. The van der Waals surface area contributed by atoms with Crippen LogP contribution in [0.1, 0.15) is 10.7 Å². The number of aromatic nitrogens is 4. The molecule has 0 spiro atoms. The van der Waals surface area contributed by atoms with Crippen molar-refractivity contribution in [3.8, 4) is 34.0 Å². The van der Waals surface area contributed by atoms with Crippen molar-refractivity contribution in [2.75, 3.05) is 19.6 Å². The van der Waals surface area contributed by atoms with Crippen LogP contribution in [-0.2, 0) is 6.18 Å². The van der Waals surface area contributed by atoms with Crippen LogP contribution in [0.4, 0.5) is 18.3 Å². The van der Waals surface area contributed by atoms with E-state index in [0.717, 1.165) is 21.5 Å². The third-order valence-corrected chi connectivity index (χ3v) is 6.78. The Morgan fingerprint density at radius 3 is 2.19 bits per heavy atom. The van der Waals surface area contributed by atoms with Gasteiger partial charge in [0.15, 0.2) is 0 Å². The number of thiazole rings is 1. The van der Waals surface area contributed by atoms with Crippen molar-refractivity contribution >= 4 is 39.0 Å². The summed E-state index contributed by atoms with van der Waals surface area (Å²) in [6, 6.07) is 14.5. The second-order valence-electron chi connectivity index (χ2n) is 7.31. The number of nitrogens with zero attached hydrogens (tertiary/aromatic N) is 5. The molecule has 0 unspecified atom stereocenters. The summed E-state index contributed by atoms with van der Waals surface area (Å²) in [5, 5.41) is 9.33. The van der Waals surface area contributed by atoms with Gasteiger partial charge in [-0.15, -0.1) is 16.4 Å². The third kappa shape index (κ3) is 4.75. The standard InChI is InChI=1S/C23H17F3N6O2S2/c1-33-15-7-3-13(4-8-15)17-12-35-21(28-17)30-27-11-18-19(14-5-9-16(34-2)10-6-14)29-22-32(18)31-20(36-22)23(24,25)26/h3-12H,1-2H3,(H,28,30)/b27-11+. The number of hydrogen-bond acceptors (Lipinski definition) is 9. The monoisotopic (exact) mass is 530 g/mol. The lowest BCUT2D eigenvalue weighted by Crippen LogP contribution is -2.06. The zero-order chi connectivity index (χ0) is 25.3. The number of imidazole rings is 1. The Balaban J connectivity index is 1.44. The third-order valence-electron chi connectivity index (χ3n) is 5.08. The fourth-order valence-electron chi connectivity index (χ4n) is 3.32. The van der Waals surface area contributed by atoms with Crippen LogP contribution in [0.15, 0.2) is 59.0 Å². The maximum absolute atomic E-state index is 13.2. The van der Waals surface area contributed by atoms with Crippen LogP contribution in [0, 0.1) is 0 Å². The van der Waals surface area contributed by atoms with Gasteiger partial charge in [0.05, 0.1) is 26.1 Å². The van der Waals surface area contributed by atoms with Gasteiger partial charge in [0.2, 0.25) is 15.1 Å². The van der Waals surface area contributed by atoms with E-state index in [4.69, 9.17) is 9.47 Å². The maximum atomic E-state index is 13.2.